The molecular weight excluding hydrogens is 418 g/mol. The third-order valence-electron chi connectivity index (χ3n) is 6.44. The second-order valence-electron chi connectivity index (χ2n) is 9.11. The Kier molecular flexibility index (Phi) is 5.64. The Morgan fingerprint density at radius 2 is 1.91 bits per heavy atom. The first kappa shape index (κ1) is 21.6. The molecule has 0 unspecified atom stereocenters. The van der Waals surface area contributed by atoms with Crippen LogP contribution in [0.5, 0.6) is 5.88 Å². The summed E-state index contributed by atoms with van der Waals surface area (Å²) in [4.78, 5) is 24.2. The highest BCUT2D eigenvalue weighted by Gasteiger charge is 2.32. The molecule has 1 aliphatic rings. The molecule has 3 heterocycles. The van der Waals surface area contributed by atoms with E-state index in [1.807, 2.05) is 49.1 Å². The molecule has 1 aromatic carbocycles. The fraction of sp³-hybridized carbons (Fsp3) is 0.400. The lowest BCUT2D eigenvalue weighted by Crippen LogP contribution is -2.36. The van der Waals surface area contributed by atoms with Crippen LogP contribution < -0.4 is 10.4 Å². The second kappa shape index (κ2) is 8.61. The molecule has 33 heavy (non-hydrogen) atoms. The number of hydrogen-bond donors (Lipinski definition) is 1. The molecule has 0 atom stereocenters. The van der Waals surface area contributed by atoms with Crippen LogP contribution in [0, 0.1) is 0 Å². The highest BCUT2D eigenvalue weighted by molar-refractivity contribution is 6.04. The van der Waals surface area contributed by atoms with E-state index >= 15 is 0 Å². The van der Waals surface area contributed by atoms with E-state index in [4.69, 9.17) is 4.74 Å². The molecule has 0 aliphatic heterocycles. The summed E-state index contributed by atoms with van der Waals surface area (Å²) in [5, 5.41) is 10.7. The van der Waals surface area contributed by atoms with Crippen LogP contribution in [-0.2, 0) is 7.05 Å². The van der Waals surface area contributed by atoms with E-state index < -0.39 is 0 Å². The lowest BCUT2D eigenvalue weighted by Gasteiger charge is -2.32. The number of hydrogen-bond acceptors (Lipinski definition) is 6. The van der Waals surface area contributed by atoms with E-state index in [9.17, 15) is 9.90 Å². The summed E-state index contributed by atoms with van der Waals surface area (Å²) in [6.45, 7) is 1.60. The average Bonchev–Trinajstić information content (AvgIpc) is 3.05. The summed E-state index contributed by atoms with van der Waals surface area (Å²) in [6, 6.07) is 9.98. The number of nitrogens with zero attached hydrogens (tertiary/aromatic N) is 5. The number of aryl methyl sites for hydroxylation is 1. The van der Waals surface area contributed by atoms with Crippen LogP contribution in [-0.4, -0.2) is 62.5 Å². The van der Waals surface area contributed by atoms with Gasteiger partial charge in [0.25, 0.3) is 0 Å². The molecule has 172 valence electrons. The third-order valence-corrected chi connectivity index (χ3v) is 6.44. The molecule has 3 aromatic heterocycles. The predicted octanol–water partition coefficient (Wildman–Crippen LogP) is 2.98. The van der Waals surface area contributed by atoms with Crippen LogP contribution in [0.2, 0.25) is 0 Å². The number of aliphatic hydroxyl groups is 1. The molecule has 0 amide bonds. The Labute approximate surface area is 192 Å². The molecule has 8 heteroatoms. The summed E-state index contributed by atoms with van der Waals surface area (Å²) < 4.78 is 9.23. The zero-order valence-corrected chi connectivity index (χ0v) is 19.2. The summed E-state index contributed by atoms with van der Waals surface area (Å²) in [7, 11) is 5.86. The monoisotopic (exact) mass is 447 g/mol. The van der Waals surface area contributed by atoms with E-state index in [-0.39, 0.29) is 17.8 Å². The van der Waals surface area contributed by atoms with Gasteiger partial charge in [0.2, 0.25) is 5.88 Å². The van der Waals surface area contributed by atoms with Crippen molar-refractivity contribution in [3.8, 4) is 17.0 Å². The van der Waals surface area contributed by atoms with Crippen LogP contribution in [0.25, 0.3) is 33.1 Å². The molecule has 0 saturated heterocycles. The molecule has 0 spiro atoms. The van der Waals surface area contributed by atoms with Crippen LogP contribution in [0.4, 0.5) is 0 Å². The molecular formula is C25H29N5O3. The van der Waals surface area contributed by atoms with Gasteiger partial charge in [-0.25, -0.2) is 9.78 Å². The van der Waals surface area contributed by atoms with Gasteiger partial charge in [-0.2, -0.15) is 0 Å². The SMILES string of the molecule is CN(C)CCCOc1ccc(-c2ccc3ncc4c(c3c2)n(C2CC(O)C2)c(=O)n4C)cn1. The minimum atomic E-state index is -0.337. The molecule has 8 nitrogen and oxygen atoms in total. The van der Waals surface area contributed by atoms with Crippen molar-refractivity contribution < 1.29 is 9.84 Å². The van der Waals surface area contributed by atoms with Crippen molar-refractivity contribution in [2.45, 2.75) is 31.4 Å². The number of ether oxygens (including phenoxy) is 1. The largest absolute Gasteiger partial charge is 0.478 e. The molecule has 5 rings (SSSR count). The van der Waals surface area contributed by atoms with Crippen LogP contribution in [0.1, 0.15) is 25.3 Å². The number of benzene rings is 1. The lowest BCUT2D eigenvalue weighted by molar-refractivity contribution is 0.0487. The van der Waals surface area contributed by atoms with E-state index in [2.05, 4.69) is 20.9 Å². The maximum Gasteiger partial charge on any atom is 0.329 e. The van der Waals surface area contributed by atoms with Crippen LogP contribution in [0.15, 0.2) is 47.5 Å². The van der Waals surface area contributed by atoms with Gasteiger partial charge >= 0.3 is 5.69 Å². The minimum Gasteiger partial charge on any atom is -0.478 e. The first-order valence-electron chi connectivity index (χ1n) is 11.3. The van der Waals surface area contributed by atoms with E-state index in [1.165, 1.54) is 0 Å². The van der Waals surface area contributed by atoms with Gasteiger partial charge < -0.3 is 14.7 Å². The number of aromatic nitrogens is 4. The minimum absolute atomic E-state index is 0.0102. The van der Waals surface area contributed by atoms with Gasteiger partial charge in [-0.05, 0) is 57.1 Å². The summed E-state index contributed by atoms with van der Waals surface area (Å²) in [6.07, 6.45) is 5.38. The fourth-order valence-electron chi connectivity index (χ4n) is 4.51. The van der Waals surface area contributed by atoms with E-state index in [1.54, 1.807) is 17.8 Å². The molecule has 0 radical (unpaired) electrons. The van der Waals surface area contributed by atoms with Gasteiger partial charge in [0, 0.05) is 42.8 Å². The first-order valence-corrected chi connectivity index (χ1v) is 11.3. The summed E-state index contributed by atoms with van der Waals surface area (Å²) in [5.74, 6) is 0.614. The van der Waals surface area contributed by atoms with Gasteiger partial charge in [-0.1, -0.05) is 6.07 Å². The average molecular weight is 448 g/mol. The molecule has 1 fully saturated rings. The van der Waals surface area contributed by atoms with Crippen molar-refractivity contribution in [2.24, 2.45) is 7.05 Å². The smallest absolute Gasteiger partial charge is 0.329 e. The number of imidazole rings is 1. The quantitative estimate of drug-likeness (QED) is 0.439. The maximum absolute atomic E-state index is 13.0. The summed E-state index contributed by atoms with van der Waals surface area (Å²) >= 11 is 0. The van der Waals surface area contributed by atoms with Crippen molar-refractivity contribution >= 4 is 21.9 Å². The van der Waals surface area contributed by atoms with Crippen molar-refractivity contribution in [1.29, 1.82) is 0 Å². The van der Waals surface area contributed by atoms with E-state index in [0.29, 0.717) is 25.3 Å². The number of aliphatic hydroxyl groups excluding tert-OH is 1. The molecule has 0 bridgehead atoms. The van der Waals surface area contributed by atoms with Gasteiger partial charge in [-0.3, -0.25) is 14.1 Å². The van der Waals surface area contributed by atoms with Crippen molar-refractivity contribution in [3.63, 3.8) is 0 Å². The van der Waals surface area contributed by atoms with Crippen molar-refractivity contribution in [1.82, 2.24) is 24.0 Å². The normalized spacial score (nSPS) is 18.2. The third kappa shape index (κ3) is 4.00. The zero-order chi connectivity index (χ0) is 23.1. The maximum atomic E-state index is 13.0. The van der Waals surface area contributed by atoms with Crippen molar-refractivity contribution in [3.05, 3.63) is 53.2 Å². The van der Waals surface area contributed by atoms with Crippen molar-refractivity contribution in [2.75, 3.05) is 27.2 Å². The van der Waals surface area contributed by atoms with Crippen LogP contribution >= 0.6 is 0 Å². The Hall–Kier alpha value is -3.23. The van der Waals surface area contributed by atoms with E-state index in [0.717, 1.165) is 46.0 Å². The Morgan fingerprint density at radius 1 is 1.12 bits per heavy atom. The predicted molar refractivity (Wildman–Crippen MR) is 129 cm³/mol. The number of fused-ring (bicyclic) bond motifs is 3. The zero-order valence-electron chi connectivity index (χ0n) is 19.2. The van der Waals surface area contributed by atoms with Gasteiger partial charge in [0.15, 0.2) is 0 Å². The Bertz CT molecular complexity index is 1350. The van der Waals surface area contributed by atoms with Gasteiger partial charge in [0.05, 0.1) is 35.5 Å². The highest BCUT2D eigenvalue weighted by Crippen LogP contribution is 2.36. The summed E-state index contributed by atoms with van der Waals surface area (Å²) in [5.41, 5.74) is 4.40. The van der Waals surface area contributed by atoms with Gasteiger partial charge in [0.1, 0.15) is 0 Å². The second-order valence-corrected chi connectivity index (χ2v) is 9.11. The topological polar surface area (TPSA) is 85.4 Å². The number of pyridine rings is 2. The van der Waals surface area contributed by atoms with Gasteiger partial charge in [-0.15, -0.1) is 0 Å². The Balaban J connectivity index is 1.49. The molecule has 4 aromatic rings. The highest BCUT2D eigenvalue weighted by atomic mass is 16.5. The first-order chi connectivity index (χ1) is 15.9. The lowest BCUT2D eigenvalue weighted by atomic mass is 9.89. The number of rotatable bonds is 7. The Morgan fingerprint density at radius 3 is 2.61 bits per heavy atom. The molecule has 1 aliphatic carbocycles. The molecule has 1 N–H and O–H groups in total. The molecule has 1 saturated carbocycles. The van der Waals surface area contributed by atoms with Crippen LogP contribution in [0.3, 0.4) is 0 Å². The fourth-order valence-corrected chi connectivity index (χ4v) is 4.51. The standard InChI is InChI=1S/C25H29N5O3/c1-28(2)9-4-10-33-23-8-6-17(14-27-23)16-5-7-21-20(11-16)24-22(15-26-21)29(3)25(32)30(24)18-12-19(31)13-18/h5-8,11,14-15,18-19,31H,4,9-10,12-13H2,1-3H3.